The number of thiol groups is 1. The predicted molar refractivity (Wildman–Crippen MR) is 41.0 cm³/mol. The van der Waals surface area contributed by atoms with Crippen molar-refractivity contribution in [2.75, 3.05) is 5.75 Å². The van der Waals surface area contributed by atoms with Crippen LogP contribution in [0, 0.1) is 0 Å². The van der Waals surface area contributed by atoms with Crippen LogP contribution in [0.3, 0.4) is 0 Å². The lowest BCUT2D eigenvalue weighted by Gasteiger charge is -1.78. The largest absolute Gasteiger partial charge is 0.465 e. The topological polar surface area (TPSA) is 63.3 Å². The maximum atomic E-state index is 8.78. The van der Waals surface area contributed by atoms with Crippen molar-refractivity contribution < 1.29 is 9.90 Å². The zero-order valence-electron chi connectivity index (χ0n) is 5.50. The Labute approximate surface area is 60.7 Å². The summed E-state index contributed by atoms with van der Waals surface area (Å²) in [5.41, 5.74) is 4.03. The highest BCUT2D eigenvalue weighted by Crippen LogP contribution is 1.85. The van der Waals surface area contributed by atoms with Crippen molar-refractivity contribution in [3.63, 3.8) is 0 Å². The van der Waals surface area contributed by atoms with E-state index in [0.29, 0.717) is 0 Å². The number of primary amides is 1. The van der Waals surface area contributed by atoms with Gasteiger partial charge in [0.25, 0.3) is 0 Å². The molecule has 0 spiro atoms. The second-order valence-electron chi connectivity index (χ2n) is 1.42. The van der Waals surface area contributed by atoms with Gasteiger partial charge < -0.3 is 10.8 Å². The van der Waals surface area contributed by atoms with Crippen LogP contribution in [0.25, 0.3) is 0 Å². The van der Waals surface area contributed by atoms with E-state index in [0.717, 1.165) is 5.75 Å². The van der Waals surface area contributed by atoms with Gasteiger partial charge in [-0.15, -0.1) is 0 Å². The summed E-state index contributed by atoms with van der Waals surface area (Å²) in [7, 11) is 0. The van der Waals surface area contributed by atoms with E-state index in [1.807, 2.05) is 0 Å². The van der Waals surface area contributed by atoms with Gasteiger partial charge in [0, 0.05) is 0 Å². The quantitative estimate of drug-likeness (QED) is 0.521. The lowest BCUT2D eigenvalue weighted by atomic mass is 10.4. The van der Waals surface area contributed by atoms with Crippen molar-refractivity contribution in [1.29, 1.82) is 0 Å². The first kappa shape index (κ1) is 11.4. The van der Waals surface area contributed by atoms with Crippen LogP contribution < -0.4 is 5.73 Å². The Morgan fingerprint density at radius 1 is 1.78 bits per heavy atom. The lowest BCUT2D eigenvalue weighted by molar-refractivity contribution is 0.205. The highest BCUT2D eigenvalue weighted by Gasteiger charge is 1.68. The first-order chi connectivity index (χ1) is 4.15. The molecule has 0 heterocycles. The standard InChI is InChI=1S/C4H10S.CH3NO2/c1-2-3-4-5;2-1(3)4/h5H,2-4H2,1H3;2H2,(H,3,4). The van der Waals surface area contributed by atoms with Crippen LogP contribution in [0.15, 0.2) is 0 Å². The van der Waals surface area contributed by atoms with Crippen molar-refractivity contribution >= 4 is 18.7 Å². The fraction of sp³-hybridized carbons (Fsp3) is 0.800. The third kappa shape index (κ3) is 91.7. The molecule has 0 aromatic carbocycles. The van der Waals surface area contributed by atoms with E-state index < -0.39 is 6.09 Å². The second-order valence-corrected chi connectivity index (χ2v) is 1.86. The molecule has 0 saturated heterocycles. The van der Waals surface area contributed by atoms with Gasteiger partial charge >= 0.3 is 6.09 Å². The van der Waals surface area contributed by atoms with Gasteiger partial charge in [0.15, 0.2) is 0 Å². The van der Waals surface area contributed by atoms with Gasteiger partial charge in [0.1, 0.15) is 0 Å². The number of nitrogens with two attached hydrogens (primary N) is 1. The highest BCUT2D eigenvalue weighted by molar-refractivity contribution is 7.80. The monoisotopic (exact) mass is 151 g/mol. The van der Waals surface area contributed by atoms with Gasteiger partial charge in [-0.1, -0.05) is 13.3 Å². The van der Waals surface area contributed by atoms with Crippen molar-refractivity contribution in [2.24, 2.45) is 5.73 Å². The van der Waals surface area contributed by atoms with Gasteiger partial charge in [-0.2, -0.15) is 12.6 Å². The smallest absolute Gasteiger partial charge is 0.402 e. The van der Waals surface area contributed by atoms with E-state index in [-0.39, 0.29) is 0 Å². The normalized spacial score (nSPS) is 7.33. The van der Waals surface area contributed by atoms with Gasteiger partial charge in [0.05, 0.1) is 0 Å². The number of carbonyl (C=O) groups is 1. The Kier molecular flexibility index (Phi) is 13.4. The molecular formula is C5H13NO2S. The summed E-state index contributed by atoms with van der Waals surface area (Å²) in [6, 6.07) is 0. The van der Waals surface area contributed by atoms with Crippen LogP contribution in [0.2, 0.25) is 0 Å². The summed E-state index contributed by atoms with van der Waals surface area (Å²) in [5.74, 6) is 1.04. The molecule has 0 saturated carbocycles. The minimum absolute atomic E-state index is 1.04. The fourth-order valence-corrected chi connectivity index (χ4v) is 0.474. The molecule has 3 N–H and O–H groups in total. The summed E-state index contributed by atoms with van der Waals surface area (Å²) in [4.78, 5) is 8.78. The molecule has 1 amide bonds. The molecule has 0 aliphatic carbocycles. The average Bonchev–Trinajstić information content (AvgIpc) is 1.66. The summed E-state index contributed by atoms with van der Waals surface area (Å²) in [5, 5.41) is 7.19. The van der Waals surface area contributed by atoms with E-state index in [1.165, 1.54) is 12.8 Å². The first-order valence-electron chi connectivity index (χ1n) is 2.74. The molecule has 56 valence electrons. The minimum atomic E-state index is -1.33. The first-order valence-corrected chi connectivity index (χ1v) is 3.37. The number of unbranched alkanes of at least 4 members (excludes halogenated alkanes) is 1. The summed E-state index contributed by atoms with van der Waals surface area (Å²) >= 11 is 4.00. The molecule has 4 heteroatoms. The number of hydrogen-bond donors (Lipinski definition) is 3. The van der Waals surface area contributed by atoms with Crippen LogP contribution in [-0.2, 0) is 0 Å². The van der Waals surface area contributed by atoms with Crippen LogP contribution in [0.5, 0.6) is 0 Å². The molecular weight excluding hydrogens is 138 g/mol. The third-order valence-electron chi connectivity index (χ3n) is 0.512. The Morgan fingerprint density at radius 3 is 2.11 bits per heavy atom. The number of rotatable bonds is 2. The van der Waals surface area contributed by atoms with Crippen molar-refractivity contribution in [1.82, 2.24) is 0 Å². The summed E-state index contributed by atoms with van der Waals surface area (Å²) in [6.45, 7) is 2.16. The van der Waals surface area contributed by atoms with Gasteiger partial charge in [-0.05, 0) is 12.2 Å². The van der Waals surface area contributed by atoms with E-state index in [4.69, 9.17) is 9.90 Å². The molecule has 0 rings (SSSR count). The number of amides is 1. The fourth-order valence-electron chi connectivity index (χ4n) is 0.158. The molecule has 0 atom stereocenters. The van der Waals surface area contributed by atoms with Crippen LogP contribution >= 0.6 is 12.6 Å². The van der Waals surface area contributed by atoms with Crippen molar-refractivity contribution in [3.8, 4) is 0 Å². The molecule has 0 aromatic rings. The Balaban J connectivity index is 0. The molecule has 0 aliphatic heterocycles. The number of hydrogen-bond acceptors (Lipinski definition) is 2. The molecule has 0 unspecified atom stereocenters. The van der Waals surface area contributed by atoms with E-state index >= 15 is 0 Å². The van der Waals surface area contributed by atoms with Gasteiger partial charge in [-0.25, -0.2) is 4.79 Å². The van der Waals surface area contributed by atoms with E-state index in [9.17, 15) is 0 Å². The maximum Gasteiger partial charge on any atom is 0.402 e. The summed E-state index contributed by atoms with van der Waals surface area (Å²) in [6.07, 6.45) is 1.19. The SMILES string of the molecule is CCCCS.NC(=O)O. The van der Waals surface area contributed by atoms with Crippen LogP contribution in [0.4, 0.5) is 4.79 Å². The van der Waals surface area contributed by atoms with Crippen molar-refractivity contribution in [3.05, 3.63) is 0 Å². The lowest BCUT2D eigenvalue weighted by Crippen LogP contribution is -2.03. The maximum absolute atomic E-state index is 8.78. The average molecular weight is 151 g/mol. The van der Waals surface area contributed by atoms with Crippen LogP contribution in [0.1, 0.15) is 19.8 Å². The van der Waals surface area contributed by atoms with E-state index in [1.54, 1.807) is 0 Å². The predicted octanol–water partition coefficient (Wildman–Crippen LogP) is 1.34. The molecule has 0 bridgehead atoms. The molecule has 0 aromatic heterocycles. The van der Waals surface area contributed by atoms with Crippen molar-refractivity contribution in [2.45, 2.75) is 19.8 Å². The Morgan fingerprint density at radius 2 is 2.11 bits per heavy atom. The zero-order chi connectivity index (χ0) is 7.70. The Hall–Kier alpha value is -0.380. The molecule has 0 radical (unpaired) electrons. The molecule has 0 fully saturated rings. The number of carboxylic acid groups (broad SMARTS) is 1. The van der Waals surface area contributed by atoms with Gasteiger partial charge in [-0.3, -0.25) is 0 Å². The molecule has 0 aliphatic rings. The molecule has 9 heavy (non-hydrogen) atoms. The zero-order valence-corrected chi connectivity index (χ0v) is 6.40. The third-order valence-corrected chi connectivity index (χ3v) is 0.828. The van der Waals surface area contributed by atoms with E-state index in [2.05, 4.69) is 25.3 Å². The summed E-state index contributed by atoms with van der Waals surface area (Å²) < 4.78 is 0. The minimum Gasteiger partial charge on any atom is -0.465 e. The molecule has 3 nitrogen and oxygen atoms in total. The highest BCUT2D eigenvalue weighted by atomic mass is 32.1. The van der Waals surface area contributed by atoms with Gasteiger partial charge in [0.2, 0.25) is 0 Å². The van der Waals surface area contributed by atoms with Crippen LogP contribution in [-0.4, -0.2) is 17.0 Å². The second kappa shape index (κ2) is 10.6. The Bertz CT molecular complexity index is 62.0.